The molecule has 3 N–H and O–H groups in total. The van der Waals surface area contributed by atoms with E-state index in [1.54, 1.807) is 18.2 Å². The normalized spacial score (nSPS) is 12.6. The van der Waals surface area contributed by atoms with Crippen LogP contribution >= 0.6 is 11.6 Å². The zero-order chi connectivity index (χ0) is 11.4. The van der Waals surface area contributed by atoms with Crippen molar-refractivity contribution in [1.82, 2.24) is 0 Å². The average molecular weight is 227 g/mol. The number of rotatable bonds is 3. The molecule has 0 bridgehead atoms. The second kappa shape index (κ2) is 5.14. The summed E-state index contributed by atoms with van der Waals surface area (Å²) in [6.45, 7) is 3.80. The summed E-state index contributed by atoms with van der Waals surface area (Å²) < 4.78 is 0. The van der Waals surface area contributed by atoms with Crippen LogP contribution in [0.25, 0.3) is 0 Å². The lowest BCUT2D eigenvalue weighted by atomic mass is 10.1. The minimum atomic E-state index is -0.513. The Morgan fingerprint density at radius 1 is 1.40 bits per heavy atom. The zero-order valence-corrected chi connectivity index (χ0v) is 9.58. The predicted octanol–water partition coefficient (Wildman–Crippen LogP) is 2.26. The molecule has 1 unspecified atom stereocenters. The Morgan fingerprint density at radius 3 is 2.53 bits per heavy atom. The Bertz CT molecular complexity index is 352. The van der Waals surface area contributed by atoms with Gasteiger partial charge in [0.2, 0.25) is 5.91 Å². The van der Waals surface area contributed by atoms with Crippen molar-refractivity contribution in [2.75, 3.05) is 5.32 Å². The van der Waals surface area contributed by atoms with Crippen molar-refractivity contribution in [3.05, 3.63) is 29.3 Å². The van der Waals surface area contributed by atoms with Gasteiger partial charge in [0, 0.05) is 0 Å². The smallest absolute Gasteiger partial charge is 0.241 e. The molecule has 0 aliphatic rings. The van der Waals surface area contributed by atoms with Crippen LogP contribution in [-0.4, -0.2) is 11.9 Å². The van der Waals surface area contributed by atoms with E-state index in [2.05, 4.69) is 5.32 Å². The maximum absolute atomic E-state index is 11.6. The van der Waals surface area contributed by atoms with Crippen LogP contribution < -0.4 is 11.1 Å². The van der Waals surface area contributed by atoms with E-state index in [1.165, 1.54) is 0 Å². The topological polar surface area (TPSA) is 55.1 Å². The fourth-order valence-electron chi connectivity index (χ4n) is 1.08. The molecule has 0 aromatic heterocycles. The molecule has 0 fully saturated rings. The van der Waals surface area contributed by atoms with Gasteiger partial charge in [-0.1, -0.05) is 37.6 Å². The first-order valence-corrected chi connectivity index (χ1v) is 5.21. The molecule has 3 nitrogen and oxygen atoms in total. The highest BCUT2D eigenvalue weighted by atomic mass is 35.5. The van der Waals surface area contributed by atoms with Crippen molar-refractivity contribution in [2.45, 2.75) is 19.9 Å². The molecule has 0 aliphatic heterocycles. The van der Waals surface area contributed by atoms with Crippen LogP contribution in [0.2, 0.25) is 5.02 Å². The number of halogens is 1. The van der Waals surface area contributed by atoms with Crippen LogP contribution in [0, 0.1) is 5.92 Å². The maximum atomic E-state index is 11.6. The maximum Gasteiger partial charge on any atom is 0.241 e. The van der Waals surface area contributed by atoms with Crippen LogP contribution in [0.3, 0.4) is 0 Å². The first kappa shape index (κ1) is 12.0. The lowest BCUT2D eigenvalue weighted by molar-refractivity contribution is -0.118. The van der Waals surface area contributed by atoms with Gasteiger partial charge in [-0.15, -0.1) is 0 Å². The van der Waals surface area contributed by atoms with Crippen molar-refractivity contribution >= 4 is 23.2 Å². The summed E-state index contributed by atoms with van der Waals surface area (Å²) >= 11 is 5.90. The van der Waals surface area contributed by atoms with Crippen LogP contribution in [0.15, 0.2) is 24.3 Å². The zero-order valence-electron chi connectivity index (χ0n) is 8.83. The molecule has 82 valence electrons. The molecule has 0 spiro atoms. The molecular weight excluding hydrogens is 212 g/mol. The molecule has 15 heavy (non-hydrogen) atoms. The van der Waals surface area contributed by atoms with E-state index in [0.717, 1.165) is 0 Å². The minimum Gasteiger partial charge on any atom is -0.323 e. The highest BCUT2D eigenvalue weighted by Gasteiger charge is 2.17. The van der Waals surface area contributed by atoms with Crippen molar-refractivity contribution in [2.24, 2.45) is 11.7 Å². The molecule has 1 aromatic rings. The minimum absolute atomic E-state index is 0.104. The van der Waals surface area contributed by atoms with Crippen molar-refractivity contribution in [3.8, 4) is 0 Å². The Morgan fingerprint density at radius 2 is 2.00 bits per heavy atom. The van der Waals surface area contributed by atoms with Gasteiger partial charge in [0.25, 0.3) is 0 Å². The Labute approximate surface area is 94.6 Å². The molecule has 0 aliphatic carbocycles. The summed E-state index contributed by atoms with van der Waals surface area (Å²) in [5, 5.41) is 3.21. The number of nitrogens with one attached hydrogen (secondary N) is 1. The number of anilines is 1. The summed E-state index contributed by atoms with van der Waals surface area (Å²) in [4.78, 5) is 11.6. The Balaban J connectivity index is 2.71. The van der Waals surface area contributed by atoms with E-state index in [9.17, 15) is 4.79 Å². The van der Waals surface area contributed by atoms with E-state index < -0.39 is 6.04 Å². The SMILES string of the molecule is CC(C)C(N)C(=O)Nc1ccccc1Cl. The fraction of sp³-hybridized carbons (Fsp3) is 0.364. The third kappa shape index (κ3) is 3.22. The highest BCUT2D eigenvalue weighted by Crippen LogP contribution is 2.20. The summed E-state index contributed by atoms with van der Waals surface area (Å²) in [6.07, 6.45) is 0. The van der Waals surface area contributed by atoms with Crippen LogP contribution in [0.1, 0.15) is 13.8 Å². The largest absolute Gasteiger partial charge is 0.323 e. The number of hydrogen-bond donors (Lipinski definition) is 2. The van der Waals surface area contributed by atoms with E-state index in [1.807, 2.05) is 19.9 Å². The molecule has 1 rings (SSSR count). The molecule has 1 atom stereocenters. The Hall–Kier alpha value is -1.06. The predicted molar refractivity (Wildman–Crippen MR) is 62.9 cm³/mol. The molecule has 1 amide bonds. The quantitative estimate of drug-likeness (QED) is 0.831. The molecular formula is C11H15ClN2O. The van der Waals surface area contributed by atoms with Gasteiger partial charge in [-0.25, -0.2) is 0 Å². The second-order valence-corrected chi connectivity index (χ2v) is 4.15. The van der Waals surface area contributed by atoms with Gasteiger partial charge in [0.15, 0.2) is 0 Å². The Kier molecular flexibility index (Phi) is 4.12. The fourth-order valence-corrected chi connectivity index (χ4v) is 1.26. The number of benzene rings is 1. The van der Waals surface area contributed by atoms with Crippen LogP contribution in [0.4, 0.5) is 5.69 Å². The molecule has 0 heterocycles. The monoisotopic (exact) mass is 226 g/mol. The number of hydrogen-bond acceptors (Lipinski definition) is 2. The van der Waals surface area contributed by atoms with Gasteiger partial charge in [-0.2, -0.15) is 0 Å². The van der Waals surface area contributed by atoms with Gasteiger partial charge in [-0.3, -0.25) is 4.79 Å². The highest BCUT2D eigenvalue weighted by molar-refractivity contribution is 6.33. The number of carbonyl (C=O) groups excluding carboxylic acids is 1. The first-order valence-electron chi connectivity index (χ1n) is 4.83. The van der Waals surface area contributed by atoms with Gasteiger partial charge in [-0.05, 0) is 18.1 Å². The molecule has 0 radical (unpaired) electrons. The first-order chi connectivity index (χ1) is 7.02. The standard InChI is InChI=1S/C11H15ClN2O/c1-7(2)10(13)11(15)14-9-6-4-3-5-8(9)12/h3-7,10H,13H2,1-2H3,(H,14,15). The third-order valence-corrected chi connectivity index (χ3v) is 2.48. The molecule has 0 saturated carbocycles. The van der Waals surface area contributed by atoms with Crippen LogP contribution in [0.5, 0.6) is 0 Å². The van der Waals surface area contributed by atoms with Gasteiger partial charge in [0.1, 0.15) is 0 Å². The second-order valence-electron chi connectivity index (χ2n) is 3.74. The summed E-state index contributed by atoms with van der Waals surface area (Å²) in [5.74, 6) is -0.106. The van der Waals surface area contributed by atoms with E-state index in [4.69, 9.17) is 17.3 Å². The average Bonchev–Trinajstić information content (AvgIpc) is 2.20. The van der Waals surface area contributed by atoms with E-state index >= 15 is 0 Å². The van der Waals surface area contributed by atoms with E-state index in [-0.39, 0.29) is 11.8 Å². The number of amides is 1. The molecule has 4 heteroatoms. The number of carbonyl (C=O) groups is 1. The van der Waals surface area contributed by atoms with Gasteiger partial charge < -0.3 is 11.1 Å². The van der Waals surface area contributed by atoms with Crippen molar-refractivity contribution in [3.63, 3.8) is 0 Å². The summed E-state index contributed by atoms with van der Waals surface area (Å²) in [6, 6.07) is 6.56. The van der Waals surface area contributed by atoms with Gasteiger partial charge >= 0.3 is 0 Å². The molecule has 1 aromatic carbocycles. The van der Waals surface area contributed by atoms with E-state index in [0.29, 0.717) is 10.7 Å². The summed E-state index contributed by atoms with van der Waals surface area (Å²) in [5.41, 5.74) is 6.30. The lowest BCUT2D eigenvalue weighted by Crippen LogP contribution is -2.39. The van der Waals surface area contributed by atoms with Gasteiger partial charge in [0.05, 0.1) is 16.8 Å². The lowest BCUT2D eigenvalue weighted by Gasteiger charge is -2.15. The summed E-state index contributed by atoms with van der Waals surface area (Å²) in [7, 11) is 0. The third-order valence-electron chi connectivity index (χ3n) is 2.15. The van der Waals surface area contributed by atoms with Crippen molar-refractivity contribution < 1.29 is 4.79 Å². The number of nitrogens with two attached hydrogens (primary N) is 1. The molecule has 0 saturated heterocycles. The number of para-hydroxylation sites is 1. The van der Waals surface area contributed by atoms with Crippen molar-refractivity contribution in [1.29, 1.82) is 0 Å². The van der Waals surface area contributed by atoms with Crippen LogP contribution in [-0.2, 0) is 4.79 Å².